The van der Waals surface area contributed by atoms with E-state index in [0.29, 0.717) is 23.8 Å². The van der Waals surface area contributed by atoms with Gasteiger partial charge in [0.05, 0.1) is 5.56 Å². The van der Waals surface area contributed by atoms with Crippen molar-refractivity contribution in [1.82, 2.24) is 5.32 Å². The van der Waals surface area contributed by atoms with Gasteiger partial charge in [-0.25, -0.2) is 0 Å². The van der Waals surface area contributed by atoms with Crippen LogP contribution in [0.25, 0.3) is 0 Å². The lowest BCUT2D eigenvalue weighted by atomic mass is 10.1. The Labute approximate surface area is 106 Å². The summed E-state index contributed by atoms with van der Waals surface area (Å²) in [6, 6.07) is 7.35. The Bertz CT molecular complexity index is 452. The molecule has 1 aliphatic rings. The minimum atomic E-state index is -0.128. The van der Waals surface area contributed by atoms with Gasteiger partial charge in [-0.3, -0.25) is 9.59 Å². The Morgan fingerprint density at radius 3 is 2.72 bits per heavy atom. The topological polar surface area (TPSA) is 55.4 Å². The van der Waals surface area contributed by atoms with E-state index < -0.39 is 0 Å². The molecule has 0 heterocycles. The summed E-state index contributed by atoms with van der Waals surface area (Å²) in [6.45, 7) is 1.77. The number of carbonyl (C=O) groups is 2. The maximum Gasteiger partial charge on any atom is 0.258 e. The van der Waals surface area contributed by atoms with Gasteiger partial charge in [0, 0.05) is 12.5 Å². The van der Waals surface area contributed by atoms with E-state index in [1.807, 2.05) is 0 Å². The largest absolute Gasteiger partial charge is 0.483 e. The Hall–Kier alpha value is -1.84. The smallest absolute Gasteiger partial charge is 0.258 e. The summed E-state index contributed by atoms with van der Waals surface area (Å²) in [7, 11) is 0. The lowest BCUT2D eigenvalue weighted by Gasteiger charge is -2.10. The van der Waals surface area contributed by atoms with Crippen molar-refractivity contribution >= 4 is 11.7 Å². The molecule has 0 unspecified atom stereocenters. The third-order valence-electron chi connectivity index (χ3n) is 2.81. The van der Waals surface area contributed by atoms with Crippen molar-refractivity contribution in [2.24, 2.45) is 0 Å². The first-order valence-corrected chi connectivity index (χ1v) is 6.25. The summed E-state index contributed by atoms with van der Waals surface area (Å²) in [5.74, 6) is 0.375. The summed E-state index contributed by atoms with van der Waals surface area (Å²) in [4.78, 5) is 23.2. The SMILES string of the molecule is CCC(=O)c1ccccc1OCC(=O)NC1CC1. The van der Waals surface area contributed by atoms with Crippen LogP contribution >= 0.6 is 0 Å². The zero-order valence-electron chi connectivity index (χ0n) is 10.4. The number of ether oxygens (including phenoxy) is 1. The number of ketones is 1. The highest BCUT2D eigenvalue weighted by molar-refractivity contribution is 5.98. The summed E-state index contributed by atoms with van der Waals surface area (Å²) < 4.78 is 5.42. The average Bonchev–Trinajstić information content (AvgIpc) is 3.19. The second kappa shape index (κ2) is 5.67. The van der Waals surface area contributed by atoms with Crippen LogP contribution in [0, 0.1) is 0 Å². The van der Waals surface area contributed by atoms with Crippen molar-refractivity contribution in [2.75, 3.05) is 6.61 Å². The summed E-state index contributed by atoms with van der Waals surface area (Å²) in [5, 5.41) is 2.84. The van der Waals surface area contributed by atoms with Gasteiger partial charge in [-0.05, 0) is 25.0 Å². The molecule has 1 aromatic rings. The van der Waals surface area contributed by atoms with Crippen LogP contribution in [0.4, 0.5) is 0 Å². The standard InChI is InChI=1S/C14H17NO3/c1-2-12(16)11-5-3-4-6-13(11)18-9-14(17)15-10-7-8-10/h3-6,10H,2,7-9H2,1H3,(H,15,17). The highest BCUT2D eigenvalue weighted by atomic mass is 16.5. The number of carbonyl (C=O) groups excluding carboxylic acids is 2. The van der Waals surface area contributed by atoms with Crippen LogP contribution in [-0.2, 0) is 4.79 Å². The second-order valence-electron chi connectivity index (χ2n) is 4.40. The van der Waals surface area contributed by atoms with Crippen LogP contribution in [0.2, 0.25) is 0 Å². The van der Waals surface area contributed by atoms with Crippen molar-refractivity contribution in [3.05, 3.63) is 29.8 Å². The molecule has 0 aromatic heterocycles. The highest BCUT2D eigenvalue weighted by Gasteiger charge is 2.23. The minimum Gasteiger partial charge on any atom is -0.483 e. The van der Waals surface area contributed by atoms with Gasteiger partial charge in [-0.1, -0.05) is 19.1 Å². The van der Waals surface area contributed by atoms with Gasteiger partial charge in [0.1, 0.15) is 5.75 Å². The predicted octanol–water partition coefficient (Wildman–Crippen LogP) is 1.94. The van der Waals surface area contributed by atoms with Crippen LogP contribution in [0.15, 0.2) is 24.3 Å². The van der Waals surface area contributed by atoms with Crippen molar-refractivity contribution in [3.8, 4) is 5.75 Å². The molecule has 18 heavy (non-hydrogen) atoms. The van der Waals surface area contributed by atoms with Gasteiger partial charge in [-0.15, -0.1) is 0 Å². The molecular formula is C14H17NO3. The Balaban J connectivity index is 1.95. The van der Waals surface area contributed by atoms with Crippen LogP contribution in [-0.4, -0.2) is 24.3 Å². The van der Waals surface area contributed by atoms with Crippen molar-refractivity contribution < 1.29 is 14.3 Å². The Morgan fingerprint density at radius 1 is 1.33 bits per heavy atom. The molecule has 1 fully saturated rings. The van der Waals surface area contributed by atoms with Crippen LogP contribution in [0.3, 0.4) is 0 Å². The van der Waals surface area contributed by atoms with E-state index >= 15 is 0 Å². The first-order valence-electron chi connectivity index (χ1n) is 6.25. The molecule has 0 saturated heterocycles. The van der Waals surface area contributed by atoms with Crippen molar-refractivity contribution in [3.63, 3.8) is 0 Å². The molecule has 1 aromatic carbocycles. The van der Waals surface area contributed by atoms with Gasteiger partial charge in [0.15, 0.2) is 12.4 Å². The van der Waals surface area contributed by atoms with Gasteiger partial charge < -0.3 is 10.1 Å². The molecule has 0 radical (unpaired) electrons. The fourth-order valence-corrected chi connectivity index (χ4v) is 1.65. The van der Waals surface area contributed by atoms with E-state index in [0.717, 1.165) is 12.8 Å². The van der Waals surface area contributed by atoms with E-state index in [1.54, 1.807) is 31.2 Å². The molecule has 0 spiro atoms. The zero-order valence-corrected chi connectivity index (χ0v) is 10.4. The number of rotatable bonds is 6. The molecule has 96 valence electrons. The van der Waals surface area contributed by atoms with Gasteiger partial charge in [0.25, 0.3) is 5.91 Å². The first kappa shape index (κ1) is 12.6. The quantitative estimate of drug-likeness (QED) is 0.781. The average molecular weight is 247 g/mol. The van der Waals surface area contributed by atoms with E-state index in [-0.39, 0.29) is 18.3 Å². The normalized spacial score (nSPS) is 14.1. The minimum absolute atomic E-state index is 0.0215. The number of hydrogen-bond acceptors (Lipinski definition) is 3. The number of benzene rings is 1. The maximum absolute atomic E-state index is 11.7. The first-order chi connectivity index (χ1) is 8.70. The van der Waals surface area contributed by atoms with Crippen molar-refractivity contribution in [2.45, 2.75) is 32.2 Å². The van der Waals surface area contributed by atoms with E-state index in [1.165, 1.54) is 0 Å². The highest BCUT2D eigenvalue weighted by Crippen LogP contribution is 2.20. The molecule has 0 bridgehead atoms. The van der Waals surface area contributed by atoms with E-state index in [4.69, 9.17) is 4.74 Å². The monoisotopic (exact) mass is 247 g/mol. The molecule has 4 heteroatoms. The summed E-state index contributed by atoms with van der Waals surface area (Å²) in [5.41, 5.74) is 0.541. The van der Waals surface area contributed by atoms with Crippen molar-refractivity contribution in [1.29, 1.82) is 0 Å². The third-order valence-corrected chi connectivity index (χ3v) is 2.81. The molecule has 2 rings (SSSR count). The molecule has 0 atom stereocenters. The molecule has 1 amide bonds. The molecule has 4 nitrogen and oxygen atoms in total. The molecule has 0 aliphatic heterocycles. The van der Waals surface area contributed by atoms with E-state index in [9.17, 15) is 9.59 Å². The lowest BCUT2D eigenvalue weighted by Crippen LogP contribution is -2.30. The van der Waals surface area contributed by atoms with Gasteiger partial charge in [0.2, 0.25) is 0 Å². The van der Waals surface area contributed by atoms with Gasteiger partial charge in [-0.2, -0.15) is 0 Å². The van der Waals surface area contributed by atoms with Crippen LogP contribution < -0.4 is 10.1 Å². The molecule has 1 aliphatic carbocycles. The molecule has 1 N–H and O–H groups in total. The van der Waals surface area contributed by atoms with E-state index in [2.05, 4.69) is 5.32 Å². The third kappa shape index (κ3) is 3.32. The van der Waals surface area contributed by atoms with Crippen LogP contribution in [0.1, 0.15) is 36.5 Å². The molecule has 1 saturated carbocycles. The Morgan fingerprint density at radius 2 is 2.06 bits per heavy atom. The zero-order chi connectivity index (χ0) is 13.0. The van der Waals surface area contributed by atoms with Gasteiger partial charge >= 0.3 is 0 Å². The maximum atomic E-state index is 11.7. The number of Topliss-reactive ketones (excluding diaryl/α,β-unsaturated/α-hetero) is 1. The van der Waals surface area contributed by atoms with Crippen LogP contribution in [0.5, 0.6) is 5.75 Å². The lowest BCUT2D eigenvalue weighted by molar-refractivity contribution is -0.123. The summed E-state index contributed by atoms with van der Waals surface area (Å²) >= 11 is 0. The fraction of sp³-hybridized carbons (Fsp3) is 0.429. The number of nitrogens with one attached hydrogen (secondary N) is 1. The summed E-state index contributed by atoms with van der Waals surface area (Å²) in [6.07, 6.45) is 2.53. The molecular weight excluding hydrogens is 230 g/mol. The number of para-hydroxylation sites is 1. The predicted molar refractivity (Wildman–Crippen MR) is 67.7 cm³/mol. The Kier molecular flexibility index (Phi) is 3.97. The number of hydrogen-bond donors (Lipinski definition) is 1. The second-order valence-corrected chi connectivity index (χ2v) is 4.40. The number of amides is 1. The fourth-order valence-electron chi connectivity index (χ4n) is 1.65.